The second kappa shape index (κ2) is 5.67. The van der Waals surface area contributed by atoms with Gasteiger partial charge in [-0.15, -0.1) is 11.3 Å². The van der Waals surface area contributed by atoms with Crippen LogP contribution in [-0.2, 0) is 12.8 Å². The maximum absolute atomic E-state index is 13.3. The van der Waals surface area contributed by atoms with E-state index in [0.29, 0.717) is 10.7 Å². The lowest BCUT2D eigenvalue weighted by Gasteiger charge is -2.17. The highest BCUT2D eigenvalue weighted by atomic mass is 32.1. The average molecular weight is 357 g/mol. The van der Waals surface area contributed by atoms with E-state index in [1.807, 2.05) is 26.0 Å². The minimum atomic E-state index is 0.0227. The molecule has 24 heavy (non-hydrogen) atoms. The second-order valence-electron chi connectivity index (χ2n) is 6.92. The third kappa shape index (κ3) is 2.38. The van der Waals surface area contributed by atoms with Crippen LogP contribution in [-0.4, -0.2) is 9.55 Å². The Hall–Kier alpha value is -1.72. The van der Waals surface area contributed by atoms with E-state index in [2.05, 4.69) is 18.0 Å². The van der Waals surface area contributed by atoms with E-state index in [-0.39, 0.29) is 5.56 Å². The van der Waals surface area contributed by atoms with E-state index in [0.717, 1.165) is 46.3 Å². The fourth-order valence-electron chi connectivity index (χ4n) is 3.60. The van der Waals surface area contributed by atoms with Gasteiger partial charge in [-0.25, -0.2) is 0 Å². The van der Waals surface area contributed by atoms with E-state index >= 15 is 0 Å². The van der Waals surface area contributed by atoms with Crippen LogP contribution >= 0.6 is 23.6 Å². The number of nitrogens with one attached hydrogen (secondary N) is 1. The number of aromatic nitrogens is 2. The van der Waals surface area contributed by atoms with Gasteiger partial charge in [0.05, 0.1) is 11.1 Å². The number of nitrogens with zero attached hydrogens (tertiary/aromatic N) is 1. The summed E-state index contributed by atoms with van der Waals surface area (Å²) in [6, 6.07) is 6.14. The minimum absolute atomic E-state index is 0.0227. The van der Waals surface area contributed by atoms with Crippen LogP contribution < -0.4 is 5.56 Å². The fourth-order valence-corrected chi connectivity index (χ4v) is 5.35. The van der Waals surface area contributed by atoms with Crippen LogP contribution in [0.2, 0.25) is 0 Å². The molecular formula is C19H20N2OS2. The van der Waals surface area contributed by atoms with Gasteiger partial charge in [0.25, 0.3) is 5.56 Å². The van der Waals surface area contributed by atoms with Crippen molar-refractivity contribution >= 4 is 33.8 Å². The van der Waals surface area contributed by atoms with Crippen molar-refractivity contribution in [2.24, 2.45) is 5.92 Å². The van der Waals surface area contributed by atoms with E-state index in [1.54, 1.807) is 15.9 Å². The first-order valence-corrected chi connectivity index (χ1v) is 9.55. The number of hydrogen-bond donors (Lipinski definition) is 1. The van der Waals surface area contributed by atoms with Gasteiger partial charge in [-0.1, -0.05) is 19.1 Å². The number of hydrogen-bond acceptors (Lipinski definition) is 3. The maximum Gasteiger partial charge on any atom is 0.267 e. The van der Waals surface area contributed by atoms with E-state index in [4.69, 9.17) is 12.2 Å². The second-order valence-corrected chi connectivity index (χ2v) is 8.41. The molecule has 1 N–H and O–H groups in total. The minimum Gasteiger partial charge on any atom is -0.323 e. The first-order valence-electron chi connectivity index (χ1n) is 8.33. The Morgan fingerprint density at radius 3 is 2.92 bits per heavy atom. The Morgan fingerprint density at radius 1 is 1.33 bits per heavy atom. The predicted octanol–water partition coefficient (Wildman–Crippen LogP) is 4.85. The van der Waals surface area contributed by atoms with Gasteiger partial charge in [-0.05, 0) is 74.0 Å². The molecule has 0 saturated heterocycles. The summed E-state index contributed by atoms with van der Waals surface area (Å²) in [5.41, 5.74) is 4.32. The molecule has 0 fully saturated rings. The van der Waals surface area contributed by atoms with Crippen molar-refractivity contribution in [3.05, 3.63) is 54.9 Å². The number of H-pyrrole nitrogens is 1. The van der Waals surface area contributed by atoms with Crippen LogP contribution in [0.15, 0.2) is 23.0 Å². The average Bonchev–Trinajstić information content (AvgIpc) is 2.87. The number of aryl methyl sites for hydroxylation is 3. The zero-order valence-electron chi connectivity index (χ0n) is 14.1. The van der Waals surface area contributed by atoms with Gasteiger partial charge in [-0.3, -0.25) is 9.36 Å². The van der Waals surface area contributed by atoms with Gasteiger partial charge in [0.2, 0.25) is 0 Å². The monoisotopic (exact) mass is 356 g/mol. The maximum atomic E-state index is 13.3. The molecule has 5 heteroatoms. The Bertz CT molecular complexity index is 1070. The molecule has 1 aromatic carbocycles. The Kier molecular flexibility index (Phi) is 3.73. The first-order chi connectivity index (χ1) is 11.5. The van der Waals surface area contributed by atoms with Crippen LogP contribution in [0.25, 0.3) is 15.9 Å². The van der Waals surface area contributed by atoms with Crippen molar-refractivity contribution < 1.29 is 0 Å². The predicted molar refractivity (Wildman–Crippen MR) is 103 cm³/mol. The van der Waals surface area contributed by atoms with Crippen LogP contribution in [0, 0.1) is 24.5 Å². The Labute approximate surface area is 150 Å². The third-order valence-electron chi connectivity index (χ3n) is 4.96. The first kappa shape index (κ1) is 15.8. The quantitative estimate of drug-likeness (QED) is 0.633. The van der Waals surface area contributed by atoms with E-state index < -0.39 is 0 Å². The fraction of sp³-hybridized carbons (Fsp3) is 0.368. The van der Waals surface area contributed by atoms with Crippen molar-refractivity contribution in [1.29, 1.82) is 0 Å². The topological polar surface area (TPSA) is 37.8 Å². The van der Waals surface area contributed by atoms with Gasteiger partial charge in [0.1, 0.15) is 4.83 Å². The molecule has 3 nitrogen and oxygen atoms in total. The summed E-state index contributed by atoms with van der Waals surface area (Å²) in [5.74, 6) is 0.690. The molecule has 3 aromatic rings. The number of rotatable bonds is 1. The zero-order valence-corrected chi connectivity index (χ0v) is 15.7. The van der Waals surface area contributed by atoms with Crippen molar-refractivity contribution in [3.8, 4) is 5.69 Å². The molecule has 0 amide bonds. The number of benzene rings is 1. The number of thiophene rings is 1. The van der Waals surface area contributed by atoms with E-state index in [1.165, 1.54) is 10.4 Å². The highest BCUT2D eigenvalue weighted by molar-refractivity contribution is 7.71. The van der Waals surface area contributed by atoms with Gasteiger partial charge in [-0.2, -0.15) is 0 Å². The summed E-state index contributed by atoms with van der Waals surface area (Å²) in [6.07, 6.45) is 3.21. The highest BCUT2D eigenvalue weighted by Crippen LogP contribution is 2.35. The third-order valence-corrected chi connectivity index (χ3v) is 6.41. The molecular weight excluding hydrogens is 336 g/mol. The van der Waals surface area contributed by atoms with Gasteiger partial charge in [0.15, 0.2) is 4.77 Å². The lowest BCUT2D eigenvalue weighted by Crippen LogP contribution is -2.22. The summed E-state index contributed by atoms with van der Waals surface area (Å²) in [5, 5.41) is 0.844. The van der Waals surface area contributed by atoms with Crippen LogP contribution in [0.4, 0.5) is 0 Å². The highest BCUT2D eigenvalue weighted by Gasteiger charge is 2.23. The van der Waals surface area contributed by atoms with Crippen molar-refractivity contribution in [3.63, 3.8) is 0 Å². The largest absolute Gasteiger partial charge is 0.323 e. The Morgan fingerprint density at radius 2 is 2.12 bits per heavy atom. The normalized spacial score (nSPS) is 17.2. The van der Waals surface area contributed by atoms with Crippen molar-refractivity contribution in [1.82, 2.24) is 9.55 Å². The standard InChI is InChI=1S/C19H20N2OS2/c1-10-4-6-12(3)14(8-10)21-18(22)16-13-7-5-11(2)9-15(13)24-17(16)20-19(21)23/h4,6,8,11H,5,7,9H2,1-3H3,(H,20,23)/t11-/m0/s1. The van der Waals surface area contributed by atoms with E-state index in [9.17, 15) is 4.79 Å². The molecule has 1 atom stereocenters. The van der Waals surface area contributed by atoms with Crippen LogP contribution in [0.1, 0.15) is 34.9 Å². The summed E-state index contributed by atoms with van der Waals surface area (Å²) in [6.45, 7) is 6.34. The lowest BCUT2D eigenvalue weighted by molar-refractivity contribution is 0.509. The summed E-state index contributed by atoms with van der Waals surface area (Å²) in [7, 11) is 0. The van der Waals surface area contributed by atoms with Crippen LogP contribution in [0.3, 0.4) is 0 Å². The molecule has 1 aliphatic carbocycles. The van der Waals surface area contributed by atoms with Gasteiger partial charge >= 0.3 is 0 Å². The number of fused-ring (bicyclic) bond motifs is 3. The summed E-state index contributed by atoms with van der Waals surface area (Å²) in [4.78, 5) is 18.9. The lowest BCUT2D eigenvalue weighted by atomic mass is 9.89. The molecule has 0 radical (unpaired) electrons. The molecule has 124 valence electrons. The smallest absolute Gasteiger partial charge is 0.267 e. The number of aromatic amines is 1. The summed E-state index contributed by atoms with van der Waals surface area (Å²) >= 11 is 7.24. The van der Waals surface area contributed by atoms with Gasteiger partial charge in [0, 0.05) is 4.88 Å². The molecule has 1 aliphatic rings. The molecule has 0 spiro atoms. The molecule has 0 bridgehead atoms. The molecule has 0 saturated carbocycles. The van der Waals surface area contributed by atoms with Crippen molar-refractivity contribution in [2.75, 3.05) is 0 Å². The van der Waals surface area contributed by atoms with Gasteiger partial charge < -0.3 is 4.98 Å². The Balaban J connectivity index is 2.06. The molecule has 0 unspecified atom stereocenters. The molecule has 4 rings (SSSR count). The molecule has 2 aromatic heterocycles. The molecule has 0 aliphatic heterocycles. The SMILES string of the molecule is Cc1ccc(C)c(-n2c(=S)[nH]c3sc4c(c3c2=O)CC[C@H](C)C4)c1. The zero-order chi connectivity index (χ0) is 17.0. The summed E-state index contributed by atoms with van der Waals surface area (Å²) < 4.78 is 2.15. The van der Waals surface area contributed by atoms with Crippen molar-refractivity contribution in [2.45, 2.75) is 40.0 Å². The molecule has 2 heterocycles. The van der Waals surface area contributed by atoms with Crippen LogP contribution in [0.5, 0.6) is 0 Å².